The van der Waals surface area contributed by atoms with Crippen LogP contribution >= 0.6 is 11.8 Å². The lowest BCUT2D eigenvalue weighted by molar-refractivity contribution is -0.138. The van der Waals surface area contributed by atoms with Gasteiger partial charge in [-0.2, -0.15) is 0 Å². The molecular formula is C20H28N2O4S. The van der Waals surface area contributed by atoms with Crippen LogP contribution in [0.2, 0.25) is 0 Å². The molecule has 1 saturated heterocycles. The van der Waals surface area contributed by atoms with Gasteiger partial charge in [0.1, 0.15) is 0 Å². The van der Waals surface area contributed by atoms with Gasteiger partial charge in [0.15, 0.2) is 0 Å². The van der Waals surface area contributed by atoms with E-state index in [1.54, 1.807) is 16.7 Å². The van der Waals surface area contributed by atoms with E-state index in [0.29, 0.717) is 25.9 Å². The van der Waals surface area contributed by atoms with Gasteiger partial charge in [-0.05, 0) is 43.2 Å². The van der Waals surface area contributed by atoms with Crippen LogP contribution in [0.3, 0.4) is 0 Å². The Morgan fingerprint density at radius 1 is 1.30 bits per heavy atom. The molecule has 2 atom stereocenters. The number of aliphatic carboxylic acids is 1. The van der Waals surface area contributed by atoms with Crippen LogP contribution in [0.1, 0.15) is 50.6 Å². The number of carboxylic acids is 1. The summed E-state index contributed by atoms with van der Waals surface area (Å²) in [6.45, 7) is 3.07. The van der Waals surface area contributed by atoms with Gasteiger partial charge >= 0.3 is 5.97 Å². The second-order valence-electron chi connectivity index (χ2n) is 6.86. The normalized spacial score (nSPS) is 18.0. The first kappa shape index (κ1) is 21.3. The molecule has 1 heterocycles. The summed E-state index contributed by atoms with van der Waals surface area (Å²) in [6, 6.07) is 6.99. The number of nitrogens with one attached hydrogen (secondary N) is 1. The van der Waals surface area contributed by atoms with E-state index in [1.165, 1.54) is 0 Å². The number of thioether (sulfide) groups is 1. The van der Waals surface area contributed by atoms with Gasteiger partial charge in [0.2, 0.25) is 11.8 Å². The van der Waals surface area contributed by atoms with Crippen LogP contribution in [-0.4, -0.2) is 47.1 Å². The number of likely N-dealkylation sites (tertiary alicyclic amines) is 1. The largest absolute Gasteiger partial charge is 0.481 e. The zero-order valence-electron chi connectivity index (χ0n) is 15.9. The third-order valence-corrected chi connectivity index (χ3v) is 5.57. The minimum atomic E-state index is -0.961. The lowest BCUT2D eigenvalue weighted by atomic mass is 9.95. The monoisotopic (exact) mass is 392 g/mol. The number of nitrogens with zero attached hydrogens (tertiary/aromatic N) is 1. The van der Waals surface area contributed by atoms with Crippen LogP contribution < -0.4 is 5.32 Å². The number of carboxylic acid groups (broad SMARTS) is 1. The maximum atomic E-state index is 12.8. The molecule has 2 unspecified atom stereocenters. The van der Waals surface area contributed by atoms with Crippen LogP contribution in [0.15, 0.2) is 29.2 Å². The first-order valence-corrected chi connectivity index (χ1v) is 10.6. The minimum Gasteiger partial charge on any atom is -0.481 e. The second-order valence-corrected chi connectivity index (χ2v) is 7.74. The number of carbonyl (C=O) groups excluding carboxylic acids is 2. The van der Waals surface area contributed by atoms with Crippen molar-refractivity contribution in [3.05, 3.63) is 29.8 Å². The van der Waals surface area contributed by atoms with Gasteiger partial charge < -0.3 is 15.3 Å². The molecule has 1 aromatic carbocycles. The lowest BCUT2D eigenvalue weighted by Gasteiger charge is -2.33. The first-order valence-electron chi connectivity index (χ1n) is 9.38. The first-order chi connectivity index (χ1) is 12.9. The quantitative estimate of drug-likeness (QED) is 0.664. The van der Waals surface area contributed by atoms with E-state index in [2.05, 4.69) is 5.32 Å². The zero-order chi connectivity index (χ0) is 19.8. The fourth-order valence-electron chi connectivity index (χ4n) is 3.34. The van der Waals surface area contributed by atoms with Gasteiger partial charge in [-0.25, -0.2) is 0 Å². The molecule has 1 aliphatic rings. The number of hydrogen-bond donors (Lipinski definition) is 2. The molecule has 2 amide bonds. The summed E-state index contributed by atoms with van der Waals surface area (Å²) in [5.74, 6) is -1.34. The second kappa shape index (κ2) is 10.3. The Bertz CT molecular complexity index is 662. The molecule has 0 saturated carbocycles. The molecule has 6 nitrogen and oxygen atoms in total. The molecular weight excluding hydrogens is 364 g/mol. The average Bonchev–Trinajstić information content (AvgIpc) is 2.67. The summed E-state index contributed by atoms with van der Waals surface area (Å²) in [7, 11) is 0. The van der Waals surface area contributed by atoms with Gasteiger partial charge in [0.25, 0.3) is 0 Å². The minimum absolute atomic E-state index is 0.0877. The van der Waals surface area contributed by atoms with E-state index in [9.17, 15) is 19.5 Å². The predicted molar refractivity (Wildman–Crippen MR) is 106 cm³/mol. The molecule has 0 radical (unpaired) electrons. The topological polar surface area (TPSA) is 86.7 Å². The van der Waals surface area contributed by atoms with Gasteiger partial charge in [-0.15, -0.1) is 11.8 Å². The molecule has 2 rings (SSSR count). The Morgan fingerprint density at radius 3 is 2.59 bits per heavy atom. The van der Waals surface area contributed by atoms with Gasteiger partial charge in [-0.1, -0.05) is 19.1 Å². The molecule has 1 aromatic rings. The Hall–Kier alpha value is -2.02. The maximum Gasteiger partial charge on any atom is 0.305 e. The molecule has 148 valence electrons. The molecule has 27 heavy (non-hydrogen) atoms. The van der Waals surface area contributed by atoms with Crippen LogP contribution in [-0.2, 0) is 14.4 Å². The van der Waals surface area contributed by atoms with Crippen molar-refractivity contribution in [2.75, 3.05) is 19.3 Å². The number of amides is 2. The SMILES string of the molecule is CCCC(=O)N1CCCC(C(=O)NC(CC(=O)O)c2ccc(SC)cc2)C1. The Labute approximate surface area is 164 Å². The smallest absolute Gasteiger partial charge is 0.305 e. The number of carbonyl (C=O) groups is 3. The van der Waals surface area contributed by atoms with Crippen molar-refractivity contribution in [2.24, 2.45) is 5.92 Å². The number of hydrogen-bond acceptors (Lipinski definition) is 4. The fourth-order valence-corrected chi connectivity index (χ4v) is 3.75. The van der Waals surface area contributed by atoms with E-state index >= 15 is 0 Å². The summed E-state index contributed by atoms with van der Waals surface area (Å²) in [5.41, 5.74) is 0.776. The third kappa shape index (κ3) is 6.27. The number of benzene rings is 1. The Morgan fingerprint density at radius 2 is 2.00 bits per heavy atom. The van der Waals surface area contributed by atoms with Crippen LogP contribution in [0.4, 0.5) is 0 Å². The zero-order valence-corrected chi connectivity index (χ0v) is 16.8. The molecule has 1 fully saturated rings. The van der Waals surface area contributed by atoms with Crippen LogP contribution in [0, 0.1) is 5.92 Å². The fraction of sp³-hybridized carbons (Fsp3) is 0.550. The van der Waals surface area contributed by atoms with Crippen LogP contribution in [0.25, 0.3) is 0 Å². The van der Waals surface area contributed by atoms with E-state index in [0.717, 1.165) is 23.3 Å². The summed E-state index contributed by atoms with van der Waals surface area (Å²) >= 11 is 1.61. The van der Waals surface area contributed by atoms with Crippen molar-refractivity contribution in [1.29, 1.82) is 0 Å². The highest BCUT2D eigenvalue weighted by molar-refractivity contribution is 7.98. The predicted octanol–water partition coefficient (Wildman–Crippen LogP) is 3.08. The van der Waals surface area contributed by atoms with Crippen molar-refractivity contribution >= 4 is 29.5 Å². The van der Waals surface area contributed by atoms with Crippen LogP contribution in [0.5, 0.6) is 0 Å². The van der Waals surface area contributed by atoms with Crippen molar-refractivity contribution in [1.82, 2.24) is 10.2 Å². The Balaban J connectivity index is 2.05. The summed E-state index contributed by atoms with van der Waals surface area (Å²) < 4.78 is 0. The van der Waals surface area contributed by atoms with E-state index in [-0.39, 0.29) is 24.2 Å². The summed E-state index contributed by atoms with van der Waals surface area (Å²) in [4.78, 5) is 39.0. The number of piperidine rings is 1. The van der Waals surface area contributed by atoms with E-state index in [4.69, 9.17) is 0 Å². The Kier molecular flexibility index (Phi) is 8.16. The van der Waals surface area contributed by atoms with Crippen molar-refractivity contribution in [3.8, 4) is 0 Å². The molecule has 1 aliphatic heterocycles. The molecule has 2 N–H and O–H groups in total. The molecule has 0 spiro atoms. The average molecular weight is 393 g/mol. The van der Waals surface area contributed by atoms with Gasteiger partial charge in [-0.3, -0.25) is 14.4 Å². The van der Waals surface area contributed by atoms with Crippen molar-refractivity contribution in [3.63, 3.8) is 0 Å². The van der Waals surface area contributed by atoms with Crippen molar-refractivity contribution < 1.29 is 19.5 Å². The third-order valence-electron chi connectivity index (χ3n) is 4.82. The molecule has 0 aliphatic carbocycles. The highest BCUT2D eigenvalue weighted by Gasteiger charge is 2.30. The molecule has 7 heteroatoms. The molecule has 0 aromatic heterocycles. The van der Waals surface area contributed by atoms with Gasteiger partial charge in [0, 0.05) is 24.4 Å². The highest BCUT2D eigenvalue weighted by Crippen LogP contribution is 2.24. The van der Waals surface area contributed by atoms with Crippen molar-refractivity contribution in [2.45, 2.75) is 50.0 Å². The highest BCUT2D eigenvalue weighted by atomic mass is 32.2. The summed E-state index contributed by atoms with van der Waals surface area (Å²) in [5, 5.41) is 12.1. The van der Waals surface area contributed by atoms with Gasteiger partial charge in [0.05, 0.1) is 18.4 Å². The van der Waals surface area contributed by atoms with E-state index < -0.39 is 12.0 Å². The standard InChI is InChI=1S/C20H28N2O4S/c1-3-5-18(23)22-11-4-6-15(13-22)20(26)21-17(12-19(24)25)14-7-9-16(27-2)10-8-14/h7-10,15,17H,3-6,11-13H2,1-2H3,(H,21,26)(H,24,25). The molecule has 0 bridgehead atoms. The van der Waals surface area contributed by atoms with E-state index in [1.807, 2.05) is 37.4 Å². The number of rotatable bonds is 8. The summed E-state index contributed by atoms with van der Waals surface area (Å²) in [6.07, 6.45) is 4.60. The maximum absolute atomic E-state index is 12.8. The lowest BCUT2D eigenvalue weighted by Crippen LogP contribution is -2.46.